The van der Waals surface area contributed by atoms with Gasteiger partial charge in [0, 0.05) is 0 Å². The van der Waals surface area contributed by atoms with E-state index < -0.39 is 12.2 Å². The van der Waals surface area contributed by atoms with E-state index in [0.29, 0.717) is 13.2 Å². The summed E-state index contributed by atoms with van der Waals surface area (Å²) in [6.45, 7) is -0.0903. The maximum Gasteiger partial charge on any atom is 0.110 e. The van der Waals surface area contributed by atoms with Crippen molar-refractivity contribution in [2.45, 2.75) is 12.2 Å². The fourth-order valence-corrected chi connectivity index (χ4v) is 0.359. The van der Waals surface area contributed by atoms with Crippen molar-refractivity contribution in [2.75, 3.05) is 26.4 Å². The van der Waals surface area contributed by atoms with Crippen LogP contribution in [-0.2, 0) is 9.78 Å². The molecule has 12 heavy (non-hydrogen) atoms. The zero-order valence-electron chi connectivity index (χ0n) is 6.59. The minimum absolute atomic E-state index is 0.319. The molecule has 0 bridgehead atoms. The highest BCUT2D eigenvalue weighted by Gasteiger charge is 2.11. The van der Waals surface area contributed by atoms with Crippen LogP contribution in [0.5, 0.6) is 0 Å². The molecule has 0 spiro atoms. The van der Waals surface area contributed by atoms with Crippen molar-refractivity contribution in [1.29, 1.82) is 0 Å². The fraction of sp³-hybridized carbons (Fsp3) is 1.00. The first-order valence-electron chi connectivity index (χ1n) is 3.53. The summed E-state index contributed by atoms with van der Waals surface area (Å²) < 4.78 is 0. The Kier molecular flexibility index (Phi) is 7.26. The molecule has 1 aliphatic rings. The molecule has 0 radical (unpaired) electrons. The van der Waals surface area contributed by atoms with Gasteiger partial charge in [-0.15, -0.1) is 0 Å². The third-order valence-corrected chi connectivity index (χ3v) is 1.03. The zero-order valence-corrected chi connectivity index (χ0v) is 6.59. The van der Waals surface area contributed by atoms with Crippen molar-refractivity contribution in [3.05, 3.63) is 0 Å². The first-order chi connectivity index (χ1) is 5.70. The van der Waals surface area contributed by atoms with Gasteiger partial charge in [0.15, 0.2) is 0 Å². The summed E-state index contributed by atoms with van der Waals surface area (Å²) in [6, 6.07) is 0. The van der Waals surface area contributed by atoms with E-state index in [1.807, 2.05) is 0 Å². The van der Waals surface area contributed by atoms with E-state index in [-0.39, 0.29) is 13.2 Å². The second-order valence-electron chi connectivity index (χ2n) is 2.24. The van der Waals surface area contributed by atoms with Gasteiger partial charge in [0.05, 0.1) is 13.2 Å². The molecule has 0 unspecified atom stereocenters. The van der Waals surface area contributed by atoms with Gasteiger partial charge in [-0.2, -0.15) is 0 Å². The molecule has 4 N–H and O–H groups in total. The second-order valence-corrected chi connectivity index (χ2v) is 2.24. The summed E-state index contributed by atoms with van der Waals surface area (Å²) in [5.41, 5.74) is 0. The van der Waals surface area contributed by atoms with Gasteiger partial charge in [-0.25, -0.2) is 9.78 Å². The lowest BCUT2D eigenvalue weighted by molar-refractivity contribution is -0.248. The molecule has 0 aromatic rings. The Morgan fingerprint density at radius 3 is 1.67 bits per heavy atom. The van der Waals surface area contributed by atoms with E-state index in [1.54, 1.807) is 0 Å². The largest absolute Gasteiger partial charge is 0.394 e. The molecule has 1 fully saturated rings. The predicted octanol–water partition coefficient (Wildman–Crippen LogP) is -2.36. The van der Waals surface area contributed by atoms with Gasteiger partial charge in [-0.3, -0.25) is 0 Å². The van der Waals surface area contributed by atoms with Crippen molar-refractivity contribution < 1.29 is 30.2 Å². The van der Waals surface area contributed by atoms with E-state index in [4.69, 9.17) is 20.4 Å². The molecule has 1 saturated heterocycles. The van der Waals surface area contributed by atoms with Gasteiger partial charge in [0.2, 0.25) is 0 Å². The van der Waals surface area contributed by atoms with Crippen LogP contribution in [0, 0.1) is 0 Å². The molecule has 0 saturated carbocycles. The minimum Gasteiger partial charge on any atom is -0.394 e. The second kappa shape index (κ2) is 7.41. The summed E-state index contributed by atoms with van der Waals surface area (Å²) in [5.74, 6) is 0. The van der Waals surface area contributed by atoms with Crippen LogP contribution in [0.1, 0.15) is 0 Å². The molecule has 0 amide bonds. The predicted molar refractivity (Wildman–Crippen MR) is 38.1 cm³/mol. The van der Waals surface area contributed by atoms with Gasteiger partial charge < -0.3 is 20.4 Å². The van der Waals surface area contributed by atoms with E-state index in [9.17, 15) is 0 Å². The molecule has 6 heteroatoms. The Morgan fingerprint density at radius 2 is 1.58 bits per heavy atom. The molecule has 74 valence electrons. The van der Waals surface area contributed by atoms with Gasteiger partial charge >= 0.3 is 0 Å². The lowest BCUT2D eigenvalue weighted by atomic mass is 10.4. The average molecular weight is 182 g/mol. The first-order valence-corrected chi connectivity index (χ1v) is 3.53. The quantitative estimate of drug-likeness (QED) is 0.356. The normalized spacial score (nSPS) is 17.8. The SMILES string of the molecule is OC1COOC1.OCC(O)CO. The molecular formula is C6H14O6. The van der Waals surface area contributed by atoms with Gasteiger partial charge in [0.25, 0.3) is 0 Å². The summed E-state index contributed by atoms with van der Waals surface area (Å²) >= 11 is 0. The molecule has 6 nitrogen and oxygen atoms in total. The lowest BCUT2D eigenvalue weighted by Crippen LogP contribution is -2.15. The van der Waals surface area contributed by atoms with E-state index in [1.165, 1.54) is 0 Å². The lowest BCUT2D eigenvalue weighted by Gasteiger charge is -1.96. The van der Waals surface area contributed by atoms with Gasteiger partial charge in [0.1, 0.15) is 25.4 Å². The monoisotopic (exact) mass is 182 g/mol. The van der Waals surface area contributed by atoms with Crippen LogP contribution in [0.4, 0.5) is 0 Å². The minimum atomic E-state index is -0.954. The van der Waals surface area contributed by atoms with Gasteiger partial charge in [-0.1, -0.05) is 0 Å². The first kappa shape index (κ1) is 11.8. The highest BCUT2D eigenvalue weighted by Crippen LogP contribution is 1.95. The van der Waals surface area contributed by atoms with Crippen molar-refractivity contribution in [3.63, 3.8) is 0 Å². The summed E-state index contributed by atoms with van der Waals surface area (Å²) in [7, 11) is 0. The van der Waals surface area contributed by atoms with Crippen molar-refractivity contribution in [3.8, 4) is 0 Å². The van der Waals surface area contributed by atoms with E-state index >= 15 is 0 Å². The Hall–Kier alpha value is -0.240. The van der Waals surface area contributed by atoms with Crippen LogP contribution in [0.2, 0.25) is 0 Å². The molecule has 0 atom stereocenters. The molecule has 0 aromatic carbocycles. The van der Waals surface area contributed by atoms with E-state index in [0.717, 1.165) is 0 Å². The third kappa shape index (κ3) is 6.47. The van der Waals surface area contributed by atoms with Crippen molar-refractivity contribution >= 4 is 0 Å². The van der Waals surface area contributed by atoms with Crippen LogP contribution in [0.3, 0.4) is 0 Å². The van der Waals surface area contributed by atoms with Crippen LogP contribution < -0.4 is 0 Å². The highest BCUT2D eigenvalue weighted by molar-refractivity contribution is 4.50. The van der Waals surface area contributed by atoms with Gasteiger partial charge in [-0.05, 0) is 0 Å². The summed E-state index contributed by atoms with van der Waals surface area (Å²) in [5, 5.41) is 32.5. The Morgan fingerprint density at radius 1 is 1.17 bits per heavy atom. The summed E-state index contributed by atoms with van der Waals surface area (Å²) in [6.07, 6.45) is -1.35. The topological polar surface area (TPSA) is 99.4 Å². The number of rotatable bonds is 2. The number of hydrogen-bond donors (Lipinski definition) is 4. The zero-order chi connectivity index (χ0) is 9.40. The van der Waals surface area contributed by atoms with Crippen LogP contribution in [0.15, 0.2) is 0 Å². The number of hydrogen-bond acceptors (Lipinski definition) is 6. The third-order valence-electron chi connectivity index (χ3n) is 1.03. The fourth-order valence-electron chi connectivity index (χ4n) is 0.359. The maximum absolute atomic E-state index is 8.48. The summed E-state index contributed by atoms with van der Waals surface area (Å²) in [4.78, 5) is 8.61. The molecule has 1 heterocycles. The van der Waals surface area contributed by atoms with Crippen LogP contribution in [0.25, 0.3) is 0 Å². The Labute approximate surface area is 69.9 Å². The molecule has 0 aromatic heterocycles. The molecule has 1 rings (SSSR count). The van der Waals surface area contributed by atoms with Crippen molar-refractivity contribution in [1.82, 2.24) is 0 Å². The van der Waals surface area contributed by atoms with Crippen molar-refractivity contribution in [2.24, 2.45) is 0 Å². The standard InChI is InChI=1S/C3H6O3.C3H8O3/c4-3-1-5-6-2-3;4-1-3(6)2-5/h3-4H,1-2H2;3-6H,1-2H2. The van der Waals surface area contributed by atoms with Crippen LogP contribution >= 0.6 is 0 Å². The Bertz CT molecular complexity index is 88.0. The van der Waals surface area contributed by atoms with E-state index in [2.05, 4.69) is 9.78 Å². The number of aliphatic hydroxyl groups is 4. The molecule has 1 aliphatic heterocycles. The highest BCUT2D eigenvalue weighted by atomic mass is 17.2. The van der Waals surface area contributed by atoms with Crippen LogP contribution in [-0.4, -0.2) is 59.1 Å². The molecular weight excluding hydrogens is 168 g/mol. The molecule has 0 aliphatic carbocycles. The average Bonchev–Trinajstić information content (AvgIpc) is 2.55. The smallest absolute Gasteiger partial charge is 0.110 e. The number of aliphatic hydroxyl groups excluding tert-OH is 4. The maximum atomic E-state index is 8.48. The Balaban J connectivity index is 0.000000202.